The van der Waals surface area contributed by atoms with Gasteiger partial charge in [-0.3, -0.25) is 4.72 Å². The Morgan fingerprint density at radius 2 is 1.76 bits per heavy atom. The molecule has 2 heterocycles. The van der Waals surface area contributed by atoms with E-state index < -0.39 is 15.9 Å². The second kappa shape index (κ2) is 9.66. The van der Waals surface area contributed by atoms with Crippen molar-refractivity contribution in [1.29, 1.82) is 0 Å². The summed E-state index contributed by atoms with van der Waals surface area (Å²) in [6.07, 6.45) is 1.53. The van der Waals surface area contributed by atoms with Crippen molar-refractivity contribution in [3.8, 4) is 5.69 Å². The first-order valence-corrected chi connectivity index (χ1v) is 12.8. The van der Waals surface area contributed by atoms with Gasteiger partial charge in [-0.25, -0.2) is 8.42 Å². The summed E-state index contributed by atoms with van der Waals surface area (Å²) in [5, 5.41) is 22.2. The van der Waals surface area contributed by atoms with Crippen molar-refractivity contribution in [2.75, 3.05) is 4.72 Å². The number of nitrogens with one attached hydrogen (secondary N) is 1. The molecule has 0 spiro atoms. The van der Waals surface area contributed by atoms with Gasteiger partial charge in [-0.15, -0.1) is 11.3 Å². The van der Waals surface area contributed by atoms with Crippen LogP contribution < -0.4 is 9.83 Å². The summed E-state index contributed by atoms with van der Waals surface area (Å²) >= 11 is 1.09. The van der Waals surface area contributed by atoms with Crippen molar-refractivity contribution in [2.24, 2.45) is 10.2 Å². The molecule has 174 valence electrons. The van der Waals surface area contributed by atoms with Crippen molar-refractivity contribution in [1.82, 2.24) is 4.57 Å². The number of rotatable bonds is 7. The molecule has 1 N–H and O–H groups in total. The highest BCUT2D eigenvalue weighted by Crippen LogP contribution is 2.23. The summed E-state index contributed by atoms with van der Waals surface area (Å²) in [5.74, 6) is -0.645. The zero-order chi connectivity index (χ0) is 24.3. The standard InChI is InChI=1S/C25H24N4O3S2/c1-17-10-12-21(13-11-17)29-18(2)15-20(19(29)3)16-26-27-25(30)22-7-4-5-8-23(22)28-34(31,32)24-9-6-14-33-24/h4-16,28H,1-3H3,(H,27,30)/p-1/b26-16-. The molecule has 9 heteroatoms. The van der Waals surface area contributed by atoms with Crippen LogP contribution in [-0.4, -0.2) is 25.1 Å². The van der Waals surface area contributed by atoms with Gasteiger partial charge in [0.05, 0.1) is 11.9 Å². The molecule has 0 bridgehead atoms. The molecular weight excluding hydrogens is 468 g/mol. The Morgan fingerprint density at radius 3 is 2.47 bits per heavy atom. The van der Waals surface area contributed by atoms with E-state index in [1.54, 1.807) is 23.6 Å². The van der Waals surface area contributed by atoms with Gasteiger partial charge >= 0.3 is 0 Å². The van der Waals surface area contributed by atoms with Crippen molar-refractivity contribution in [2.45, 2.75) is 25.0 Å². The number of nitrogens with zero attached hydrogens (tertiary/aromatic N) is 3. The smallest absolute Gasteiger partial charge is 0.271 e. The largest absolute Gasteiger partial charge is 0.857 e. The van der Waals surface area contributed by atoms with Crippen LogP contribution in [0.1, 0.15) is 28.1 Å². The van der Waals surface area contributed by atoms with Crippen molar-refractivity contribution in [3.05, 3.63) is 100 Å². The minimum atomic E-state index is -3.79. The number of thiophene rings is 1. The molecule has 0 radical (unpaired) electrons. The van der Waals surface area contributed by atoms with Crippen molar-refractivity contribution in [3.63, 3.8) is 0 Å². The molecule has 0 aliphatic carbocycles. The van der Waals surface area contributed by atoms with E-state index in [2.05, 4.69) is 43.8 Å². The van der Waals surface area contributed by atoms with Crippen molar-refractivity contribution < 1.29 is 13.5 Å². The fourth-order valence-electron chi connectivity index (χ4n) is 3.58. The number of aryl methyl sites for hydroxylation is 2. The van der Waals surface area contributed by atoms with Crippen LogP contribution in [0.15, 0.2) is 86.5 Å². The third kappa shape index (κ3) is 4.95. The minimum Gasteiger partial charge on any atom is -0.857 e. The molecule has 2 aromatic heterocycles. The lowest BCUT2D eigenvalue weighted by Gasteiger charge is -2.15. The quantitative estimate of drug-likeness (QED) is 0.236. The normalized spacial score (nSPS) is 12.4. The molecular formula is C25H23N4O3S2-. The second-order valence-corrected chi connectivity index (χ2v) is 10.6. The van der Waals surface area contributed by atoms with Gasteiger partial charge in [0.15, 0.2) is 0 Å². The van der Waals surface area contributed by atoms with Gasteiger partial charge in [0, 0.05) is 34.1 Å². The Bertz CT molecular complexity index is 1470. The van der Waals surface area contributed by atoms with E-state index in [0.717, 1.165) is 34.0 Å². The zero-order valence-corrected chi connectivity index (χ0v) is 20.5. The molecule has 0 aliphatic rings. The summed E-state index contributed by atoms with van der Waals surface area (Å²) in [6, 6.07) is 19.7. The Kier molecular flexibility index (Phi) is 6.67. The van der Waals surface area contributed by atoms with Gasteiger partial charge in [-0.2, -0.15) is 10.2 Å². The van der Waals surface area contributed by atoms with Crippen LogP contribution in [0, 0.1) is 20.8 Å². The van der Waals surface area contributed by atoms with Gasteiger partial charge in [0.1, 0.15) is 4.21 Å². The van der Waals surface area contributed by atoms with E-state index in [1.165, 1.54) is 30.0 Å². The highest BCUT2D eigenvalue weighted by molar-refractivity contribution is 7.94. The summed E-state index contributed by atoms with van der Waals surface area (Å²) in [7, 11) is -3.79. The van der Waals surface area contributed by atoms with E-state index in [1.807, 2.05) is 26.8 Å². The van der Waals surface area contributed by atoms with E-state index in [0.29, 0.717) is 0 Å². The highest BCUT2D eigenvalue weighted by atomic mass is 32.2. The Hall–Kier alpha value is -3.69. The van der Waals surface area contributed by atoms with Crippen LogP contribution in [0.2, 0.25) is 0 Å². The molecule has 0 aliphatic heterocycles. The number of sulfonamides is 1. The molecule has 0 atom stereocenters. The molecule has 0 amide bonds. The molecule has 0 fully saturated rings. The topological polar surface area (TPSA) is 98.9 Å². The lowest BCUT2D eigenvalue weighted by molar-refractivity contribution is -0.213. The number of hydrogen-bond donors (Lipinski definition) is 1. The van der Waals surface area contributed by atoms with Gasteiger partial charge in [-0.05, 0) is 56.5 Å². The maximum absolute atomic E-state index is 12.7. The fourth-order valence-corrected chi connectivity index (χ4v) is 5.65. The van der Waals surface area contributed by atoms with Crippen LogP contribution in [0.5, 0.6) is 0 Å². The van der Waals surface area contributed by atoms with Gasteiger partial charge in [0.25, 0.3) is 10.0 Å². The Morgan fingerprint density at radius 1 is 1.03 bits per heavy atom. The average molecular weight is 492 g/mol. The average Bonchev–Trinajstić information content (AvgIpc) is 3.44. The monoisotopic (exact) mass is 491 g/mol. The lowest BCUT2D eigenvalue weighted by atomic mass is 10.2. The first-order valence-electron chi connectivity index (χ1n) is 10.5. The van der Waals surface area contributed by atoms with Crippen LogP contribution in [-0.2, 0) is 10.0 Å². The molecule has 4 rings (SSSR count). The van der Waals surface area contributed by atoms with Crippen LogP contribution in [0.3, 0.4) is 0 Å². The fraction of sp³-hybridized carbons (Fsp3) is 0.120. The van der Waals surface area contributed by atoms with Gasteiger partial charge < -0.3 is 9.67 Å². The Balaban J connectivity index is 1.58. The van der Waals surface area contributed by atoms with Gasteiger partial charge in [-0.1, -0.05) is 42.0 Å². The summed E-state index contributed by atoms with van der Waals surface area (Å²) in [5.41, 5.74) is 5.33. The summed E-state index contributed by atoms with van der Waals surface area (Å²) < 4.78 is 29.9. The molecule has 0 saturated carbocycles. The molecule has 0 unspecified atom stereocenters. The van der Waals surface area contributed by atoms with Crippen LogP contribution >= 0.6 is 11.3 Å². The first-order chi connectivity index (χ1) is 16.3. The van der Waals surface area contributed by atoms with Gasteiger partial charge in [0.2, 0.25) is 0 Å². The molecule has 34 heavy (non-hydrogen) atoms. The second-order valence-electron chi connectivity index (χ2n) is 7.73. The minimum absolute atomic E-state index is 0.116. The lowest BCUT2D eigenvalue weighted by Crippen LogP contribution is -2.22. The maximum Gasteiger partial charge on any atom is 0.271 e. The van der Waals surface area contributed by atoms with Crippen LogP contribution in [0.25, 0.3) is 5.69 Å². The van der Waals surface area contributed by atoms with E-state index in [-0.39, 0.29) is 15.5 Å². The number of para-hydroxylation sites is 1. The van der Waals surface area contributed by atoms with Crippen molar-refractivity contribution >= 4 is 39.2 Å². The first kappa shape index (κ1) is 23.5. The molecule has 0 saturated heterocycles. The highest BCUT2D eigenvalue weighted by Gasteiger charge is 2.17. The zero-order valence-electron chi connectivity index (χ0n) is 18.9. The summed E-state index contributed by atoms with van der Waals surface area (Å²) in [4.78, 5) is 0. The predicted octanol–water partition coefficient (Wildman–Crippen LogP) is 4.41. The molecule has 2 aromatic carbocycles. The van der Waals surface area contributed by atoms with E-state index in [9.17, 15) is 13.5 Å². The SMILES string of the molecule is Cc1ccc(-n2c(C)cc(/C=N\N=C([O-])c3ccccc3NS(=O)(=O)c3cccs3)c2C)cc1. The number of anilines is 1. The maximum atomic E-state index is 12.7. The predicted molar refractivity (Wildman–Crippen MR) is 136 cm³/mol. The van der Waals surface area contributed by atoms with Crippen LogP contribution in [0.4, 0.5) is 5.69 Å². The third-order valence-corrected chi connectivity index (χ3v) is 8.03. The Labute approximate surface area is 202 Å². The van der Waals surface area contributed by atoms with E-state index >= 15 is 0 Å². The molecule has 4 aromatic rings. The molecule has 7 nitrogen and oxygen atoms in total. The third-order valence-electron chi connectivity index (χ3n) is 5.27. The number of aromatic nitrogens is 1. The summed E-state index contributed by atoms with van der Waals surface area (Å²) in [6.45, 7) is 6.02. The number of benzene rings is 2. The number of hydrogen-bond acceptors (Lipinski definition) is 6. The van der Waals surface area contributed by atoms with E-state index in [4.69, 9.17) is 0 Å².